The summed E-state index contributed by atoms with van der Waals surface area (Å²) < 4.78 is 0. The fourth-order valence-electron chi connectivity index (χ4n) is 5.25. The van der Waals surface area contributed by atoms with E-state index in [0.717, 1.165) is 17.5 Å². The summed E-state index contributed by atoms with van der Waals surface area (Å²) in [6, 6.07) is 13.4. The second-order valence-corrected chi connectivity index (χ2v) is 9.38. The summed E-state index contributed by atoms with van der Waals surface area (Å²) in [5, 5.41) is 9.21. The van der Waals surface area contributed by atoms with Crippen molar-refractivity contribution >= 4 is 23.2 Å². The highest BCUT2D eigenvalue weighted by Crippen LogP contribution is 2.49. The molecule has 0 spiro atoms. The molecule has 0 aromatic heterocycles. The van der Waals surface area contributed by atoms with Gasteiger partial charge in [-0.2, -0.15) is 0 Å². The Labute approximate surface area is 185 Å². The molecule has 2 aromatic rings. The van der Waals surface area contributed by atoms with Gasteiger partial charge in [-0.15, -0.1) is 0 Å². The van der Waals surface area contributed by atoms with Crippen LogP contribution in [-0.4, -0.2) is 24.4 Å². The van der Waals surface area contributed by atoms with Crippen molar-refractivity contribution in [2.45, 2.75) is 52.5 Å². The molecule has 2 saturated carbocycles. The van der Waals surface area contributed by atoms with Crippen LogP contribution in [0.15, 0.2) is 42.5 Å². The van der Waals surface area contributed by atoms with Crippen molar-refractivity contribution in [1.29, 1.82) is 0 Å². The first-order valence-corrected chi connectivity index (χ1v) is 11.4. The van der Waals surface area contributed by atoms with Crippen LogP contribution < -0.4 is 16.0 Å². The summed E-state index contributed by atoms with van der Waals surface area (Å²) in [7, 11) is 0. The minimum absolute atomic E-state index is 0.0374. The molecule has 0 saturated heterocycles. The summed E-state index contributed by atoms with van der Waals surface area (Å²) in [5.74, 6) is 2.12. The van der Waals surface area contributed by atoms with Gasteiger partial charge in [-0.1, -0.05) is 12.5 Å². The van der Waals surface area contributed by atoms with Gasteiger partial charge in [0.1, 0.15) is 0 Å². The molecule has 5 nitrogen and oxygen atoms in total. The number of anilines is 2. The van der Waals surface area contributed by atoms with Gasteiger partial charge in [-0.25, -0.2) is 0 Å². The number of rotatable bonds is 7. The van der Waals surface area contributed by atoms with Crippen molar-refractivity contribution in [3.8, 4) is 0 Å². The van der Waals surface area contributed by atoms with Crippen LogP contribution in [0.25, 0.3) is 0 Å². The highest BCUT2D eigenvalue weighted by Gasteiger charge is 2.42. The van der Waals surface area contributed by atoms with Crippen molar-refractivity contribution in [3.63, 3.8) is 0 Å². The Bertz CT molecular complexity index is 954. The van der Waals surface area contributed by atoms with Gasteiger partial charge in [0, 0.05) is 23.0 Å². The van der Waals surface area contributed by atoms with Gasteiger partial charge in [0.05, 0.1) is 6.54 Å². The second kappa shape index (κ2) is 9.13. The number of amides is 2. The van der Waals surface area contributed by atoms with E-state index in [2.05, 4.69) is 36.7 Å². The van der Waals surface area contributed by atoms with Gasteiger partial charge < -0.3 is 16.0 Å². The molecule has 2 aliphatic rings. The molecule has 164 valence electrons. The molecule has 4 unspecified atom stereocenters. The lowest BCUT2D eigenvalue weighted by Gasteiger charge is -2.28. The number of fused-ring (bicyclic) bond motifs is 2. The quantitative estimate of drug-likeness (QED) is 0.597. The molecule has 4 rings (SSSR count). The normalized spacial score (nSPS) is 22.7. The van der Waals surface area contributed by atoms with Crippen molar-refractivity contribution in [1.82, 2.24) is 5.32 Å². The van der Waals surface area contributed by atoms with Crippen LogP contribution in [-0.2, 0) is 4.79 Å². The summed E-state index contributed by atoms with van der Waals surface area (Å²) in [6.07, 6.45) is 5.29. The van der Waals surface area contributed by atoms with Gasteiger partial charge in [0.25, 0.3) is 5.91 Å². The first kappa shape index (κ1) is 21.4. The maximum absolute atomic E-state index is 12.7. The maximum Gasteiger partial charge on any atom is 0.251 e. The van der Waals surface area contributed by atoms with E-state index >= 15 is 0 Å². The Morgan fingerprint density at radius 2 is 1.71 bits per heavy atom. The molecule has 0 radical (unpaired) electrons. The van der Waals surface area contributed by atoms with E-state index in [9.17, 15) is 9.59 Å². The SMILES string of the molecule is Cc1ccc(NCC(=O)Nc2ccc(C(=O)NC(C)C3CC4CCC3C4)cc2)cc1C. The number of hydrogen-bond acceptors (Lipinski definition) is 3. The molecule has 4 atom stereocenters. The Balaban J connectivity index is 1.25. The molecule has 0 heterocycles. The van der Waals surface area contributed by atoms with Crippen molar-refractivity contribution in [2.75, 3.05) is 17.2 Å². The number of benzene rings is 2. The average molecular weight is 420 g/mol. The summed E-state index contributed by atoms with van der Waals surface area (Å²) in [5.41, 5.74) is 4.65. The van der Waals surface area contributed by atoms with Crippen LogP contribution in [0.5, 0.6) is 0 Å². The standard InChI is InChI=1S/C26H33N3O2/c1-16-4-9-23(12-17(16)2)27-15-25(30)29-22-10-7-20(8-11-22)26(31)28-18(3)24-14-19-5-6-21(24)13-19/h4,7-12,18-19,21,24,27H,5-6,13-15H2,1-3H3,(H,28,31)(H,29,30). The van der Waals surface area contributed by atoms with E-state index < -0.39 is 0 Å². The van der Waals surface area contributed by atoms with Crippen LogP contribution in [0.2, 0.25) is 0 Å². The highest BCUT2D eigenvalue weighted by molar-refractivity contribution is 5.96. The third kappa shape index (κ3) is 5.09. The lowest BCUT2D eigenvalue weighted by Crippen LogP contribution is -2.40. The monoisotopic (exact) mass is 419 g/mol. The summed E-state index contributed by atoms with van der Waals surface area (Å²) in [4.78, 5) is 24.9. The Morgan fingerprint density at radius 3 is 2.35 bits per heavy atom. The Morgan fingerprint density at radius 1 is 0.968 bits per heavy atom. The smallest absolute Gasteiger partial charge is 0.251 e. The van der Waals surface area contributed by atoms with E-state index in [4.69, 9.17) is 0 Å². The fourth-order valence-corrected chi connectivity index (χ4v) is 5.25. The number of carbonyl (C=O) groups is 2. The van der Waals surface area contributed by atoms with Crippen LogP contribution >= 0.6 is 0 Å². The van der Waals surface area contributed by atoms with Gasteiger partial charge in [-0.3, -0.25) is 9.59 Å². The average Bonchev–Trinajstić information content (AvgIpc) is 3.39. The second-order valence-electron chi connectivity index (χ2n) is 9.38. The first-order chi connectivity index (χ1) is 14.9. The molecular formula is C26H33N3O2. The molecule has 2 aromatic carbocycles. The summed E-state index contributed by atoms with van der Waals surface area (Å²) in [6.45, 7) is 6.44. The Hall–Kier alpha value is -2.82. The molecule has 2 bridgehead atoms. The van der Waals surface area contributed by atoms with Crippen LogP contribution in [0.3, 0.4) is 0 Å². The third-order valence-corrected chi connectivity index (χ3v) is 7.18. The van der Waals surface area contributed by atoms with Crippen LogP contribution in [0, 0.1) is 31.6 Å². The summed E-state index contributed by atoms with van der Waals surface area (Å²) >= 11 is 0. The number of hydrogen-bond donors (Lipinski definition) is 3. The van der Waals surface area contributed by atoms with E-state index in [1.165, 1.54) is 36.8 Å². The highest BCUT2D eigenvalue weighted by atomic mass is 16.2. The molecule has 3 N–H and O–H groups in total. The topological polar surface area (TPSA) is 70.2 Å². The maximum atomic E-state index is 12.7. The van der Waals surface area contributed by atoms with Gasteiger partial charge in [0.2, 0.25) is 5.91 Å². The van der Waals surface area contributed by atoms with Gasteiger partial charge in [0.15, 0.2) is 0 Å². The van der Waals surface area contributed by atoms with Crippen LogP contribution in [0.4, 0.5) is 11.4 Å². The lowest BCUT2D eigenvalue weighted by atomic mass is 9.84. The zero-order chi connectivity index (χ0) is 22.0. The van der Waals surface area contributed by atoms with Crippen molar-refractivity contribution in [2.24, 2.45) is 17.8 Å². The number of nitrogens with one attached hydrogen (secondary N) is 3. The minimum Gasteiger partial charge on any atom is -0.376 e. The van der Waals surface area contributed by atoms with Gasteiger partial charge >= 0.3 is 0 Å². The fraction of sp³-hybridized carbons (Fsp3) is 0.462. The van der Waals surface area contributed by atoms with E-state index in [1.54, 1.807) is 24.3 Å². The molecule has 5 heteroatoms. The zero-order valence-corrected chi connectivity index (χ0v) is 18.7. The largest absolute Gasteiger partial charge is 0.376 e. The molecule has 2 aliphatic carbocycles. The van der Waals surface area contributed by atoms with Crippen molar-refractivity contribution < 1.29 is 9.59 Å². The molecular weight excluding hydrogens is 386 g/mol. The van der Waals surface area contributed by atoms with E-state index in [1.807, 2.05) is 18.2 Å². The molecule has 2 amide bonds. The number of carbonyl (C=O) groups excluding carboxylic acids is 2. The first-order valence-electron chi connectivity index (χ1n) is 11.4. The molecule has 2 fully saturated rings. The lowest BCUT2D eigenvalue weighted by molar-refractivity contribution is -0.114. The molecule has 31 heavy (non-hydrogen) atoms. The Kier molecular flexibility index (Phi) is 6.30. The number of aryl methyl sites for hydroxylation is 2. The predicted octanol–water partition coefficient (Wildman–Crippen LogP) is 4.91. The zero-order valence-electron chi connectivity index (χ0n) is 18.7. The van der Waals surface area contributed by atoms with E-state index in [0.29, 0.717) is 17.2 Å². The van der Waals surface area contributed by atoms with Crippen molar-refractivity contribution in [3.05, 3.63) is 59.2 Å². The third-order valence-electron chi connectivity index (χ3n) is 7.18. The van der Waals surface area contributed by atoms with Crippen LogP contribution in [0.1, 0.15) is 54.1 Å². The van der Waals surface area contributed by atoms with E-state index in [-0.39, 0.29) is 24.4 Å². The minimum atomic E-state index is -0.125. The van der Waals surface area contributed by atoms with Gasteiger partial charge in [-0.05, 0) is 105 Å². The molecule has 0 aliphatic heterocycles. The predicted molar refractivity (Wildman–Crippen MR) is 125 cm³/mol.